The van der Waals surface area contributed by atoms with E-state index in [2.05, 4.69) is 0 Å². The molecule has 1 fully saturated rings. The molecular formula is C15H22ClNO2S. The molecule has 1 atom stereocenters. The molecule has 1 aliphatic rings. The molecule has 1 aliphatic heterocycles. The molecular weight excluding hydrogens is 294 g/mol. The molecule has 0 aliphatic carbocycles. The summed E-state index contributed by atoms with van der Waals surface area (Å²) in [7, 11) is -3.18. The van der Waals surface area contributed by atoms with Crippen LogP contribution in [0.2, 0.25) is 0 Å². The van der Waals surface area contributed by atoms with Crippen molar-refractivity contribution in [2.45, 2.75) is 38.1 Å². The fourth-order valence-electron chi connectivity index (χ4n) is 2.76. The quantitative estimate of drug-likeness (QED) is 0.757. The van der Waals surface area contributed by atoms with Gasteiger partial charge in [0.2, 0.25) is 10.0 Å². The highest BCUT2D eigenvalue weighted by Gasteiger charge is 2.31. The molecule has 20 heavy (non-hydrogen) atoms. The lowest BCUT2D eigenvalue weighted by Crippen LogP contribution is -2.45. The van der Waals surface area contributed by atoms with Crippen molar-refractivity contribution in [3.8, 4) is 0 Å². The van der Waals surface area contributed by atoms with E-state index in [0.717, 1.165) is 31.2 Å². The monoisotopic (exact) mass is 315 g/mol. The Morgan fingerprint density at radius 3 is 2.65 bits per heavy atom. The van der Waals surface area contributed by atoms with E-state index in [-0.39, 0.29) is 11.8 Å². The molecule has 0 radical (unpaired) electrons. The Kier molecular flexibility index (Phi) is 5.87. The predicted molar refractivity (Wildman–Crippen MR) is 83.6 cm³/mol. The first-order chi connectivity index (χ1) is 9.63. The average molecular weight is 316 g/mol. The minimum Gasteiger partial charge on any atom is -0.212 e. The maximum absolute atomic E-state index is 12.5. The lowest BCUT2D eigenvalue weighted by Gasteiger charge is -2.34. The van der Waals surface area contributed by atoms with Gasteiger partial charge < -0.3 is 0 Å². The molecule has 5 heteroatoms. The number of halogens is 1. The number of benzene rings is 1. The number of hydrogen-bond donors (Lipinski definition) is 0. The van der Waals surface area contributed by atoms with Crippen LogP contribution in [-0.4, -0.2) is 36.9 Å². The van der Waals surface area contributed by atoms with Crippen molar-refractivity contribution < 1.29 is 8.42 Å². The van der Waals surface area contributed by atoms with Crippen LogP contribution >= 0.6 is 11.6 Å². The third-order valence-electron chi connectivity index (χ3n) is 3.86. The van der Waals surface area contributed by atoms with Gasteiger partial charge in [-0.1, -0.05) is 36.8 Å². The number of sulfonamides is 1. The van der Waals surface area contributed by atoms with E-state index < -0.39 is 10.0 Å². The second-order valence-electron chi connectivity index (χ2n) is 5.29. The Labute approximate surface area is 127 Å². The van der Waals surface area contributed by atoms with Crippen LogP contribution in [0.3, 0.4) is 0 Å². The summed E-state index contributed by atoms with van der Waals surface area (Å²) in [6, 6.07) is 9.88. The molecule has 0 amide bonds. The van der Waals surface area contributed by atoms with Crippen molar-refractivity contribution in [1.29, 1.82) is 0 Å². The standard InChI is InChI=1S/C15H22ClNO2S/c16-11-9-15-8-4-5-12-17(15)20(18,19)13-10-14-6-2-1-3-7-14/h1-3,6-7,15H,4-5,8-13H2. The summed E-state index contributed by atoms with van der Waals surface area (Å²) < 4.78 is 26.8. The number of piperidine rings is 1. The van der Waals surface area contributed by atoms with Crippen LogP contribution in [0.15, 0.2) is 30.3 Å². The van der Waals surface area contributed by atoms with E-state index in [1.165, 1.54) is 0 Å². The lowest BCUT2D eigenvalue weighted by molar-refractivity contribution is 0.247. The molecule has 1 aromatic rings. The summed E-state index contributed by atoms with van der Waals surface area (Å²) in [4.78, 5) is 0. The lowest BCUT2D eigenvalue weighted by atomic mass is 10.0. The Morgan fingerprint density at radius 1 is 1.20 bits per heavy atom. The molecule has 3 nitrogen and oxygen atoms in total. The summed E-state index contributed by atoms with van der Waals surface area (Å²) in [5, 5.41) is 0. The minimum atomic E-state index is -3.18. The minimum absolute atomic E-state index is 0.0991. The summed E-state index contributed by atoms with van der Waals surface area (Å²) >= 11 is 5.80. The van der Waals surface area contributed by atoms with Gasteiger partial charge in [0, 0.05) is 18.5 Å². The van der Waals surface area contributed by atoms with Crippen molar-refractivity contribution in [3.63, 3.8) is 0 Å². The number of alkyl halides is 1. The summed E-state index contributed by atoms with van der Waals surface area (Å²) in [6.07, 6.45) is 4.34. The van der Waals surface area contributed by atoms with E-state index in [9.17, 15) is 8.42 Å². The smallest absolute Gasteiger partial charge is 0.212 e. The highest BCUT2D eigenvalue weighted by Crippen LogP contribution is 2.24. The van der Waals surface area contributed by atoms with E-state index in [1.54, 1.807) is 4.31 Å². The van der Waals surface area contributed by atoms with Gasteiger partial charge in [-0.2, -0.15) is 4.31 Å². The van der Waals surface area contributed by atoms with Crippen molar-refractivity contribution in [1.82, 2.24) is 4.31 Å². The van der Waals surface area contributed by atoms with Gasteiger partial charge in [0.25, 0.3) is 0 Å². The van der Waals surface area contributed by atoms with E-state index in [4.69, 9.17) is 11.6 Å². The van der Waals surface area contributed by atoms with Crippen LogP contribution in [0.4, 0.5) is 0 Å². The second kappa shape index (κ2) is 7.43. The molecule has 0 saturated carbocycles. The van der Waals surface area contributed by atoms with Crippen LogP contribution in [0.1, 0.15) is 31.2 Å². The summed E-state index contributed by atoms with van der Waals surface area (Å²) in [6.45, 7) is 0.651. The molecule has 0 aromatic heterocycles. The van der Waals surface area contributed by atoms with Crippen LogP contribution in [-0.2, 0) is 16.4 Å². The van der Waals surface area contributed by atoms with Crippen molar-refractivity contribution >= 4 is 21.6 Å². The molecule has 1 saturated heterocycles. The van der Waals surface area contributed by atoms with Gasteiger partial charge >= 0.3 is 0 Å². The number of hydrogen-bond acceptors (Lipinski definition) is 2. The number of rotatable bonds is 6. The first-order valence-electron chi connectivity index (χ1n) is 7.23. The predicted octanol–water partition coefficient (Wildman–Crippen LogP) is 3.04. The molecule has 1 unspecified atom stereocenters. The van der Waals surface area contributed by atoms with E-state index in [0.29, 0.717) is 18.8 Å². The van der Waals surface area contributed by atoms with Gasteiger partial charge in [-0.15, -0.1) is 11.6 Å². The van der Waals surface area contributed by atoms with E-state index >= 15 is 0 Å². The van der Waals surface area contributed by atoms with Crippen molar-refractivity contribution in [3.05, 3.63) is 35.9 Å². The first kappa shape index (κ1) is 15.8. The largest absolute Gasteiger partial charge is 0.214 e. The van der Waals surface area contributed by atoms with Gasteiger partial charge in [0.1, 0.15) is 0 Å². The number of aryl methyl sites for hydroxylation is 1. The van der Waals surface area contributed by atoms with Gasteiger partial charge in [-0.05, 0) is 31.2 Å². The average Bonchev–Trinajstić information content (AvgIpc) is 2.47. The fraction of sp³-hybridized carbons (Fsp3) is 0.600. The Hall–Kier alpha value is -0.580. The zero-order valence-electron chi connectivity index (χ0n) is 11.7. The van der Waals surface area contributed by atoms with Gasteiger partial charge in [0.15, 0.2) is 0 Å². The zero-order chi connectivity index (χ0) is 14.4. The number of nitrogens with zero attached hydrogens (tertiary/aromatic N) is 1. The topological polar surface area (TPSA) is 37.4 Å². The molecule has 0 spiro atoms. The van der Waals surface area contributed by atoms with Crippen LogP contribution < -0.4 is 0 Å². The van der Waals surface area contributed by atoms with Crippen LogP contribution in [0.25, 0.3) is 0 Å². The summed E-state index contributed by atoms with van der Waals surface area (Å²) in [5.41, 5.74) is 1.07. The third kappa shape index (κ3) is 4.21. The Bertz CT molecular complexity index is 502. The normalized spacial score (nSPS) is 20.9. The second-order valence-corrected chi connectivity index (χ2v) is 7.71. The molecule has 0 bridgehead atoms. The highest BCUT2D eigenvalue weighted by atomic mass is 35.5. The van der Waals surface area contributed by atoms with Crippen LogP contribution in [0, 0.1) is 0 Å². The van der Waals surface area contributed by atoms with Gasteiger partial charge in [-0.25, -0.2) is 8.42 Å². The first-order valence-corrected chi connectivity index (χ1v) is 9.37. The van der Waals surface area contributed by atoms with Gasteiger partial charge in [-0.3, -0.25) is 0 Å². The zero-order valence-corrected chi connectivity index (χ0v) is 13.2. The SMILES string of the molecule is O=S(=O)(CCc1ccccc1)N1CCCCC1CCCl. The third-order valence-corrected chi connectivity index (χ3v) is 6.00. The molecule has 1 aromatic carbocycles. The molecule has 1 heterocycles. The van der Waals surface area contributed by atoms with Crippen LogP contribution in [0.5, 0.6) is 0 Å². The van der Waals surface area contributed by atoms with Crippen molar-refractivity contribution in [2.24, 2.45) is 0 Å². The van der Waals surface area contributed by atoms with Gasteiger partial charge in [0.05, 0.1) is 5.75 Å². The Balaban J connectivity index is 2.01. The van der Waals surface area contributed by atoms with E-state index in [1.807, 2.05) is 30.3 Å². The fourth-order valence-corrected chi connectivity index (χ4v) is 4.82. The maximum Gasteiger partial charge on any atom is 0.214 e. The molecule has 0 N–H and O–H groups in total. The summed E-state index contributed by atoms with van der Waals surface area (Å²) in [5.74, 6) is 0.713. The maximum atomic E-state index is 12.5. The molecule has 112 valence electrons. The Morgan fingerprint density at radius 2 is 1.95 bits per heavy atom. The van der Waals surface area contributed by atoms with Crippen molar-refractivity contribution in [2.75, 3.05) is 18.2 Å². The highest BCUT2D eigenvalue weighted by molar-refractivity contribution is 7.89. The molecule has 2 rings (SSSR count).